The van der Waals surface area contributed by atoms with Crippen molar-refractivity contribution in [3.63, 3.8) is 0 Å². The molecule has 116 valence electrons. The van der Waals surface area contributed by atoms with E-state index in [2.05, 4.69) is 0 Å². The van der Waals surface area contributed by atoms with Crippen LogP contribution >= 0.6 is 7.60 Å². The highest BCUT2D eigenvalue weighted by atomic mass is 31.2. The predicted octanol–water partition coefficient (Wildman–Crippen LogP) is 2.40. The van der Waals surface area contributed by atoms with Gasteiger partial charge in [0.15, 0.2) is 6.29 Å². The molecule has 0 rings (SSSR count). The molecule has 19 heavy (non-hydrogen) atoms. The fraction of sp³-hybridized carbons (Fsp3) is 1.00. The van der Waals surface area contributed by atoms with Crippen molar-refractivity contribution in [2.24, 2.45) is 0 Å². The van der Waals surface area contributed by atoms with E-state index in [0.717, 1.165) is 0 Å². The molecule has 0 aliphatic heterocycles. The number of hydrogen-bond acceptors (Lipinski definition) is 6. The van der Waals surface area contributed by atoms with E-state index in [4.69, 9.17) is 18.5 Å². The Balaban J connectivity index is 4.35. The zero-order valence-electron chi connectivity index (χ0n) is 12.3. The van der Waals surface area contributed by atoms with E-state index in [-0.39, 0.29) is 12.6 Å². The maximum atomic E-state index is 12.2. The van der Waals surface area contributed by atoms with Crippen molar-refractivity contribution in [3.8, 4) is 0 Å². The number of aliphatic hydroxyl groups is 1. The summed E-state index contributed by atoms with van der Waals surface area (Å²) in [5.41, 5.74) is 0. The summed E-state index contributed by atoms with van der Waals surface area (Å²) in [5.74, 6) is 0. The predicted molar refractivity (Wildman–Crippen MR) is 73.4 cm³/mol. The van der Waals surface area contributed by atoms with Gasteiger partial charge in [-0.1, -0.05) is 0 Å². The second kappa shape index (κ2) is 10.8. The van der Waals surface area contributed by atoms with Gasteiger partial charge in [0.2, 0.25) is 0 Å². The van der Waals surface area contributed by atoms with Crippen molar-refractivity contribution in [3.05, 3.63) is 0 Å². The van der Waals surface area contributed by atoms with E-state index in [1.54, 1.807) is 13.8 Å². The summed E-state index contributed by atoms with van der Waals surface area (Å²) in [7, 11) is -3.12. The molecule has 6 nitrogen and oxygen atoms in total. The Bertz CT molecular complexity index is 245. The number of ether oxygens (including phenoxy) is 2. The van der Waals surface area contributed by atoms with E-state index in [1.807, 2.05) is 13.8 Å². The summed E-state index contributed by atoms with van der Waals surface area (Å²) in [4.78, 5) is 0. The van der Waals surface area contributed by atoms with Crippen LogP contribution in [0.5, 0.6) is 0 Å². The SMILES string of the molecule is CCOC(OCC)C(O)CCP(=O)(OCC)OCC. The second-order valence-electron chi connectivity index (χ2n) is 3.81. The van der Waals surface area contributed by atoms with Gasteiger partial charge in [0.25, 0.3) is 0 Å². The lowest BCUT2D eigenvalue weighted by Crippen LogP contribution is -2.32. The average Bonchev–Trinajstić information content (AvgIpc) is 2.36. The van der Waals surface area contributed by atoms with Crippen LogP contribution in [0.2, 0.25) is 0 Å². The second-order valence-corrected chi connectivity index (χ2v) is 5.99. The van der Waals surface area contributed by atoms with Crippen molar-refractivity contribution >= 4 is 7.60 Å². The molecule has 0 aromatic rings. The first-order chi connectivity index (χ1) is 9.02. The van der Waals surface area contributed by atoms with Gasteiger partial charge in [0.1, 0.15) is 6.10 Å². The van der Waals surface area contributed by atoms with Crippen molar-refractivity contribution in [2.75, 3.05) is 32.6 Å². The molecule has 0 aliphatic rings. The van der Waals surface area contributed by atoms with Crippen LogP contribution in [-0.2, 0) is 23.1 Å². The minimum Gasteiger partial charge on any atom is -0.388 e. The van der Waals surface area contributed by atoms with Crippen molar-refractivity contribution in [2.45, 2.75) is 46.5 Å². The average molecular weight is 298 g/mol. The molecule has 0 heterocycles. The first-order valence-electron chi connectivity index (χ1n) is 6.82. The van der Waals surface area contributed by atoms with Crippen molar-refractivity contribution in [1.29, 1.82) is 0 Å². The maximum absolute atomic E-state index is 12.2. The third-order valence-electron chi connectivity index (χ3n) is 2.33. The molecule has 0 aromatic heterocycles. The summed E-state index contributed by atoms with van der Waals surface area (Å²) in [6, 6.07) is 0. The fourth-order valence-corrected chi connectivity index (χ4v) is 3.29. The van der Waals surface area contributed by atoms with Gasteiger partial charge in [-0.25, -0.2) is 0 Å². The number of aliphatic hydroxyl groups excluding tert-OH is 1. The molecule has 1 N–H and O–H groups in total. The van der Waals surface area contributed by atoms with Crippen LogP contribution < -0.4 is 0 Å². The minimum absolute atomic E-state index is 0.145. The van der Waals surface area contributed by atoms with Gasteiger partial charge in [0.05, 0.1) is 19.4 Å². The Morgan fingerprint density at radius 2 is 1.42 bits per heavy atom. The number of hydrogen-bond donors (Lipinski definition) is 1. The monoisotopic (exact) mass is 298 g/mol. The lowest BCUT2D eigenvalue weighted by molar-refractivity contribution is -0.189. The van der Waals surface area contributed by atoms with Crippen LogP contribution in [0.15, 0.2) is 0 Å². The molecule has 0 bridgehead atoms. The Labute approximate surface area is 115 Å². The zero-order chi connectivity index (χ0) is 14.7. The normalized spacial score (nSPS) is 14.0. The highest BCUT2D eigenvalue weighted by molar-refractivity contribution is 7.53. The van der Waals surface area contributed by atoms with E-state index in [1.165, 1.54) is 0 Å². The lowest BCUT2D eigenvalue weighted by Gasteiger charge is -2.24. The summed E-state index contributed by atoms with van der Waals surface area (Å²) in [5, 5.41) is 9.99. The minimum atomic E-state index is -3.12. The van der Waals surface area contributed by atoms with Gasteiger partial charge in [-0.05, 0) is 34.1 Å². The van der Waals surface area contributed by atoms with Crippen LogP contribution in [0, 0.1) is 0 Å². The molecule has 0 saturated carbocycles. The smallest absolute Gasteiger partial charge is 0.330 e. The quantitative estimate of drug-likeness (QED) is 0.440. The fourth-order valence-electron chi connectivity index (χ4n) is 1.59. The van der Waals surface area contributed by atoms with Crippen LogP contribution in [0.4, 0.5) is 0 Å². The van der Waals surface area contributed by atoms with Crippen LogP contribution in [0.25, 0.3) is 0 Å². The summed E-state index contributed by atoms with van der Waals surface area (Å²) in [6.07, 6.45) is -1.17. The maximum Gasteiger partial charge on any atom is 0.330 e. The summed E-state index contributed by atoms with van der Waals surface area (Å²) in [6.45, 7) is 8.67. The molecule has 1 atom stereocenters. The molecule has 7 heteroatoms. The standard InChI is InChI=1S/C12H27O6P/c1-5-15-12(16-6-2)11(13)9-10-19(14,17-7-3)18-8-4/h11-13H,5-10H2,1-4H3. The molecule has 1 unspecified atom stereocenters. The Hall–Kier alpha value is 0.0300. The third-order valence-corrected chi connectivity index (χ3v) is 4.44. The third kappa shape index (κ3) is 8.02. The van der Waals surface area contributed by atoms with E-state index < -0.39 is 20.0 Å². The highest BCUT2D eigenvalue weighted by Crippen LogP contribution is 2.48. The summed E-state index contributed by atoms with van der Waals surface area (Å²) >= 11 is 0. The van der Waals surface area contributed by atoms with E-state index >= 15 is 0 Å². The van der Waals surface area contributed by atoms with E-state index in [9.17, 15) is 9.67 Å². The highest BCUT2D eigenvalue weighted by Gasteiger charge is 2.28. The molecular weight excluding hydrogens is 271 g/mol. The van der Waals surface area contributed by atoms with Crippen LogP contribution in [0.1, 0.15) is 34.1 Å². The van der Waals surface area contributed by atoms with Gasteiger partial charge in [-0.2, -0.15) is 0 Å². The van der Waals surface area contributed by atoms with Gasteiger partial charge < -0.3 is 23.6 Å². The molecule has 0 radical (unpaired) electrons. The molecule has 0 amide bonds. The van der Waals surface area contributed by atoms with Crippen molar-refractivity contribution < 1.29 is 28.2 Å². The van der Waals surface area contributed by atoms with Gasteiger partial charge in [-0.3, -0.25) is 4.57 Å². The summed E-state index contributed by atoms with van der Waals surface area (Å²) < 4.78 is 33.1. The first-order valence-corrected chi connectivity index (χ1v) is 8.55. The molecule has 0 spiro atoms. The Morgan fingerprint density at radius 3 is 1.79 bits per heavy atom. The largest absolute Gasteiger partial charge is 0.388 e. The van der Waals surface area contributed by atoms with Crippen LogP contribution in [0.3, 0.4) is 0 Å². The van der Waals surface area contributed by atoms with Gasteiger partial charge in [0, 0.05) is 13.2 Å². The first kappa shape index (κ1) is 19.0. The van der Waals surface area contributed by atoms with Crippen LogP contribution in [-0.4, -0.2) is 50.1 Å². The van der Waals surface area contributed by atoms with Gasteiger partial charge in [-0.15, -0.1) is 0 Å². The number of rotatable bonds is 12. The molecule has 0 fully saturated rings. The molecule has 0 aliphatic carbocycles. The Kier molecular flexibility index (Phi) is 10.8. The lowest BCUT2D eigenvalue weighted by atomic mass is 10.3. The van der Waals surface area contributed by atoms with Gasteiger partial charge >= 0.3 is 7.60 Å². The zero-order valence-corrected chi connectivity index (χ0v) is 13.2. The Morgan fingerprint density at radius 1 is 0.947 bits per heavy atom. The molecule has 0 aromatic carbocycles. The molecular formula is C12H27O6P. The van der Waals surface area contributed by atoms with Crippen molar-refractivity contribution in [1.82, 2.24) is 0 Å². The van der Waals surface area contributed by atoms with E-state index in [0.29, 0.717) is 26.4 Å². The molecule has 0 saturated heterocycles. The topological polar surface area (TPSA) is 74.2 Å².